The van der Waals surface area contributed by atoms with Gasteiger partial charge in [-0.25, -0.2) is 4.98 Å². The van der Waals surface area contributed by atoms with Crippen molar-refractivity contribution in [2.24, 2.45) is 5.92 Å². The molecule has 0 saturated heterocycles. The van der Waals surface area contributed by atoms with Gasteiger partial charge in [-0.1, -0.05) is 6.92 Å². The molecule has 1 fully saturated rings. The molecule has 54 valence electrons. The molecule has 2 unspecified atom stereocenters. The molecule has 1 aliphatic carbocycles. The van der Waals surface area contributed by atoms with Gasteiger partial charge in [0.15, 0.2) is 0 Å². The van der Waals surface area contributed by atoms with E-state index < -0.39 is 0 Å². The minimum atomic E-state index is 0.685. The fourth-order valence-electron chi connectivity index (χ4n) is 1.15. The highest BCUT2D eigenvalue weighted by Gasteiger charge is 2.36. The lowest BCUT2D eigenvalue weighted by Gasteiger charge is -1.83. The van der Waals surface area contributed by atoms with E-state index in [1.54, 1.807) is 0 Å². The Morgan fingerprint density at radius 2 is 2.30 bits per heavy atom. The average Bonchev–Trinajstić information content (AvgIpc) is 2.42. The Morgan fingerprint density at radius 3 is 2.70 bits per heavy atom. The van der Waals surface area contributed by atoms with E-state index in [1.807, 2.05) is 6.92 Å². The molecule has 0 radical (unpaired) electrons. The average molecular weight is 154 g/mol. The Bertz CT molecular complexity index is 244. The van der Waals surface area contributed by atoms with Gasteiger partial charge in [-0.05, 0) is 30.8 Å². The lowest BCUT2D eigenvalue weighted by atomic mass is 10.3. The standard InChI is InChI=1S/C7H10N2S/c1-4-3-6(4)7-8-5(2)10-9-7/h4,6H,3H2,1-2H3. The normalized spacial score (nSPS) is 30.6. The second-order valence-corrected chi connectivity index (χ2v) is 3.95. The number of hydrogen-bond donors (Lipinski definition) is 0. The summed E-state index contributed by atoms with van der Waals surface area (Å²) in [6.07, 6.45) is 1.29. The van der Waals surface area contributed by atoms with Crippen LogP contribution >= 0.6 is 11.5 Å². The Hall–Kier alpha value is -0.440. The Balaban J connectivity index is 2.20. The van der Waals surface area contributed by atoms with Crippen molar-refractivity contribution >= 4 is 11.5 Å². The van der Waals surface area contributed by atoms with E-state index in [-0.39, 0.29) is 0 Å². The summed E-state index contributed by atoms with van der Waals surface area (Å²) in [6, 6.07) is 0. The van der Waals surface area contributed by atoms with Crippen molar-refractivity contribution in [2.75, 3.05) is 0 Å². The minimum absolute atomic E-state index is 0.685. The molecule has 0 aliphatic heterocycles. The first-order valence-electron chi connectivity index (χ1n) is 3.57. The summed E-state index contributed by atoms with van der Waals surface area (Å²) in [5.41, 5.74) is 0. The third-order valence-corrected chi connectivity index (χ3v) is 2.62. The maximum absolute atomic E-state index is 4.33. The maximum atomic E-state index is 4.33. The topological polar surface area (TPSA) is 25.8 Å². The van der Waals surface area contributed by atoms with Gasteiger partial charge in [-0.15, -0.1) is 0 Å². The van der Waals surface area contributed by atoms with E-state index in [0.29, 0.717) is 5.92 Å². The van der Waals surface area contributed by atoms with Crippen molar-refractivity contribution < 1.29 is 0 Å². The monoisotopic (exact) mass is 154 g/mol. The van der Waals surface area contributed by atoms with Gasteiger partial charge in [-0.2, -0.15) is 4.37 Å². The van der Waals surface area contributed by atoms with E-state index in [9.17, 15) is 0 Å². The Kier molecular flexibility index (Phi) is 1.27. The molecule has 0 N–H and O–H groups in total. The molecule has 0 amide bonds. The van der Waals surface area contributed by atoms with Crippen LogP contribution in [0, 0.1) is 12.8 Å². The van der Waals surface area contributed by atoms with Crippen molar-refractivity contribution in [3.8, 4) is 0 Å². The maximum Gasteiger partial charge on any atom is 0.145 e. The summed E-state index contributed by atoms with van der Waals surface area (Å²) in [4.78, 5) is 4.33. The zero-order valence-corrected chi connectivity index (χ0v) is 6.98. The van der Waals surface area contributed by atoms with Gasteiger partial charge in [0.1, 0.15) is 10.8 Å². The first kappa shape index (κ1) is 6.28. The Labute approximate surface area is 64.5 Å². The first-order chi connectivity index (χ1) is 4.77. The minimum Gasteiger partial charge on any atom is -0.225 e. The summed E-state index contributed by atoms with van der Waals surface area (Å²) in [6.45, 7) is 4.26. The SMILES string of the molecule is Cc1nc(C2CC2C)ns1. The van der Waals surface area contributed by atoms with Crippen LogP contribution in [0.2, 0.25) is 0 Å². The van der Waals surface area contributed by atoms with Gasteiger partial charge in [0.05, 0.1) is 0 Å². The molecule has 10 heavy (non-hydrogen) atoms. The molecule has 1 aliphatic rings. The third kappa shape index (κ3) is 0.944. The fraction of sp³-hybridized carbons (Fsp3) is 0.714. The van der Waals surface area contributed by atoms with E-state index in [2.05, 4.69) is 16.3 Å². The molecule has 0 spiro atoms. The number of rotatable bonds is 1. The van der Waals surface area contributed by atoms with Gasteiger partial charge in [0, 0.05) is 5.92 Å². The highest BCUT2D eigenvalue weighted by molar-refractivity contribution is 7.05. The lowest BCUT2D eigenvalue weighted by molar-refractivity contribution is 0.863. The van der Waals surface area contributed by atoms with Crippen molar-refractivity contribution in [1.29, 1.82) is 0 Å². The van der Waals surface area contributed by atoms with Gasteiger partial charge in [-0.3, -0.25) is 0 Å². The van der Waals surface area contributed by atoms with Crippen LogP contribution in [0.1, 0.15) is 30.1 Å². The van der Waals surface area contributed by atoms with E-state index in [0.717, 1.165) is 16.7 Å². The summed E-state index contributed by atoms with van der Waals surface area (Å²) in [5.74, 6) is 2.59. The smallest absolute Gasteiger partial charge is 0.145 e. The van der Waals surface area contributed by atoms with Gasteiger partial charge in [0.2, 0.25) is 0 Å². The van der Waals surface area contributed by atoms with Crippen molar-refractivity contribution in [3.05, 3.63) is 10.8 Å². The highest BCUT2D eigenvalue weighted by atomic mass is 32.1. The second-order valence-electron chi connectivity index (χ2n) is 2.99. The van der Waals surface area contributed by atoms with E-state index >= 15 is 0 Å². The van der Waals surface area contributed by atoms with Crippen LogP contribution < -0.4 is 0 Å². The second kappa shape index (κ2) is 2.02. The van der Waals surface area contributed by atoms with Crippen LogP contribution in [0.25, 0.3) is 0 Å². The molecule has 1 saturated carbocycles. The number of aryl methyl sites for hydroxylation is 1. The summed E-state index contributed by atoms with van der Waals surface area (Å²) in [5, 5.41) is 1.09. The van der Waals surface area contributed by atoms with Crippen LogP contribution in [0.15, 0.2) is 0 Å². The third-order valence-electron chi connectivity index (χ3n) is 1.98. The van der Waals surface area contributed by atoms with Crippen LogP contribution in [0.3, 0.4) is 0 Å². The molecule has 2 rings (SSSR count). The van der Waals surface area contributed by atoms with E-state index in [1.165, 1.54) is 18.0 Å². The highest BCUT2D eigenvalue weighted by Crippen LogP contribution is 2.45. The van der Waals surface area contributed by atoms with Crippen LogP contribution in [0.4, 0.5) is 0 Å². The molecule has 1 heterocycles. The molecule has 3 heteroatoms. The predicted molar refractivity (Wildman–Crippen MR) is 41.2 cm³/mol. The number of hydrogen-bond acceptors (Lipinski definition) is 3. The zero-order chi connectivity index (χ0) is 7.14. The number of aromatic nitrogens is 2. The number of nitrogens with zero attached hydrogens (tertiary/aromatic N) is 2. The summed E-state index contributed by atoms with van der Waals surface area (Å²) < 4.78 is 4.26. The first-order valence-corrected chi connectivity index (χ1v) is 4.35. The Morgan fingerprint density at radius 1 is 1.60 bits per heavy atom. The van der Waals surface area contributed by atoms with Crippen LogP contribution in [0.5, 0.6) is 0 Å². The molecular weight excluding hydrogens is 144 g/mol. The zero-order valence-electron chi connectivity index (χ0n) is 6.16. The van der Waals surface area contributed by atoms with Crippen LogP contribution in [-0.2, 0) is 0 Å². The molecule has 1 aromatic rings. The molecule has 2 nitrogen and oxygen atoms in total. The largest absolute Gasteiger partial charge is 0.225 e. The molecule has 0 bridgehead atoms. The quantitative estimate of drug-likeness (QED) is 0.618. The van der Waals surface area contributed by atoms with Gasteiger partial charge >= 0.3 is 0 Å². The van der Waals surface area contributed by atoms with Crippen molar-refractivity contribution in [1.82, 2.24) is 9.36 Å². The fourth-order valence-corrected chi connectivity index (χ4v) is 1.68. The van der Waals surface area contributed by atoms with Crippen molar-refractivity contribution in [2.45, 2.75) is 26.2 Å². The predicted octanol–water partition coefficient (Wildman–Crippen LogP) is 1.97. The summed E-state index contributed by atoms with van der Waals surface area (Å²) in [7, 11) is 0. The van der Waals surface area contributed by atoms with Crippen LogP contribution in [-0.4, -0.2) is 9.36 Å². The molecule has 2 atom stereocenters. The van der Waals surface area contributed by atoms with E-state index in [4.69, 9.17) is 0 Å². The molecule has 1 aromatic heterocycles. The molecular formula is C7H10N2S. The van der Waals surface area contributed by atoms with Crippen molar-refractivity contribution in [3.63, 3.8) is 0 Å². The molecule has 0 aromatic carbocycles. The van der Waals surface area contributed by atoms with Gasteiger partial charge < -0.3 is 0 Å². The summed E-state index contributed by atoms with van der Waals surface area (Å²) >= 11 is 1.51. The van der Waals surface area contributed by atoms with Gasteiger partial charge in [0.25, 0.3) is 0 Å². The lowest BCUT2D eigenvalue weighted by Crippen LogP contribution is -1.83.